The van der Waals surface area contributed by atoms with Gasteiger partial charge in [0.2, 0.25) is 5.89 Å². The molecule has 0 aliphatic carbocycles. The minimum Gasteiger partial charge on any atom is -0.439 e. The van der Waals surface area contributed by atoms with Crippen molar-refractivity contribution in [1.82, 2.24) is 9.88 Å². The van der Waals surface area contributed by atoms with Gasteiger partial charge in [0.25, 0.3) is 0 Å². The van der Waals surface area contributed by atoms with E-state index in [1.54, 1.807) is 11.3 Å². The van der Waals surface area contributed by atoms with E-state index in [2.05, 4.69) is 34.4 Å². The first-order chi connectivity index (χ1) is 9.20. The number of nitrogens with two attached hydrogens (primary N) is 1. The molecule has 4 nitrogen and oxygen atoms in total. The molecule has 19 heavy (non-hydrogen) atoms. The molecular weight excluding hydrogens is 258 g/mol. The van der Waals surface area contributed by atoms with Gasteiger partial charge in [-0.25, -0.2) is 4.98 Å². The van der Waals surface area contributed by atoms with Gasteiger partial charge in [-0.05, 0) is 36.7 Å². The first kappa shape index (κ1) is 12.2. The van der Waals surface area contributed by atoms with Gasteiger partial charge in [-0.2, -0.15) is 0 Å². The molecule has 0 saturated heterocycles. The lowest BCUT2D eigenvalue weighted by Gasteiger charge is -2.12. The van der Waals surface area contributed by atoms with E-state index in [0.717, 1.165) is 23.5 Å². The fraction of sp³-hybridized carbons (Fsp3) is 0.214. The third-order valence-corrected chi connectivity index (χ3v) is 3.73. The fourth-order valence-corrected chi connectivity index (χ4v) is 2.80. The molecular formula is C14H15N3OS. The largest absolute Gasteiger partial charge is 0.439 e. The molecule has 0 fully saturated rings. The predicted octanol–water partition coefficient (Wildman–Crippen LogP) is 3.10. The maximum atomic E-state index is 5.73. The van der Waals surface area contributed by atoms with E-state index in [9.17, 15) is 0 Å². The highest BCUT2D eigenvalue weighted by molar-refractivity contribution is 7.09. The van der Waals surface area contributed by atoms with Gasteiger partial charge >= 0.3 is 0 Å². The van der Waals surface area contributed by atoms with E-state index in [-0.39, 0.29) is 0 Å². The van der Waals surface area contributed by atoms with Crippen LogP contribution in [-0.2, 0) is 13.1 Å². The number of nitrogens with zero attached hydrogens (tertiary/aromatic N) is 2. The van der Waals surface area contributed by atoms with Gasteiger partial charge in [0, 0.05) is 17.1 Å². The Hall–Kier alpha value is -1.85. The maximum absolute atomic E-state index is 5.73. The van der Waals surface area contributed by atoms with Gasteiger partial charge in [0.05, 0.1) is 6.54 Å². The number of nitrogen functional groups attached to an aromatic ring is 1. The van der Waals surface area contributed by atoms with Crippen LogP contribution in [0.2, 0.25) is 0 Å². The second kappa shape index (κ2) is 5.03. The lowest BCUT2D eigenvalue weighted by atomic mass is 10.3. The molecule has 0 radical (unpaired) electrons. The molecule has 0 aliphatic heterocycles. The summed E-state index contributed by atoms with van der Waals surface area (Å²) in [6.45, 7) is 1.59. The van der Waals surface area contributed by atoms with Crippen molar-refractivity contribution < 1.29 is 4.42 Å². The summed E-state index contributed by atoms with van der Waals surface area (Å²) in [5.41, 5.74) is 8.05. The summed E-state index contributed by atoms with van der Waals surface area (Å²) in [4.78, 5) is 7.97. The molecule has 2 aromatic heterocycles. The summed E-state index contributed by atoms with van der Waals surface area (Å²) in [5, 5.41) is 2.09. The van der Waals surface area contributed by atoms with Crippen LogP contribution in [-0.4, -0.2) is 16.9 Å². The van der Waals surface area contributed by atoms with E-state index in [4.69, 9.17) is 10.2 Å². The molecule has 3 rings (SSSR count). The topological polar surface area (TPSA) is 55.3 Å². The van der Waals surface area contributed by atoms with Gasteiger partial charge in [0.15, 0.2) is 5.58 Å². The Morgan fingerprint density at radius 3 is 3.00 bits per heavy atom. The van der Waals surface area contributed by atoms with Crippen LogP contribution >= 0.6 is 11.3 Å². The number of rotatable bonds is 4. The van der Waals surface area contributed by atoms with Crippen LogP contribution in [0.1, 0.15) is 10.8 Å². The average Bonchev–Trinajstić information content (AvgIpc) is 2.97. The molecule has 0 unspecified atom stereocenters. The van der Waals surface area contributed by atoms with Crippen molar-refractivity contribution in [3.63, 3.8) is 0 Å². The zero-order valence-corrected chi connectivity index (χ0v) is 11.5. The van der Waals surface area contributed by atoms with E-state index in [1.165, 1.54) is 4.88 Å². The predicted molar refractivity (Wildman–Crippen MR) is 77.9 cm³/mol. The molecule has 98 valence electrons. The minimum atomic E-state index is 0.687. The second-order valence-electron chi connectivity index (χ2n) is 4.59. The molecule has 2 N–H and O–H groups in total. The molecule has 0 saturated carbocycles. The van der Waals surface area contributed by atoms with Crippen molar-refractivity contribution in [3.8, 4) is 0 Å². The monoisotopic (exact) mass is 273 g/mol. The number of benzene rings is 1. The highest BCUT2D eigenvalue weighted by Crippen LogP contribution is 2.19. The van der Waals surface area contributed by atoms with Crippen LogP contribution in [0.4, 0.5) is 5.69 Å². The van der Waals surface area contributed by atoms with E-state index in [1.807, 2.05) is 18.2 Å². The van der Waals surface area contributed by atoms with Gasteiger partial charge in [-0.15, -0.1) is 11.3 Å². The number of fused-ring (bicyclic) bond motifs is 1. The zero-order chi connectivity index (χ0) is 13.2. The van der Waals surface area contributed by atoms with Crippen LogP contribution < -0.4 is 5.73 Å². The van der Waals surface area contributed by atoms with Gasteiger partial charge in [0.1, 0.15) is 5.52 Å². The minimum absolute atomic E-state index is 0.687. The van der Waals surface area contributed by atoms with Crippen LogP contribution in [0.25, 0.3) is 11.1 Å². The fourth-order valence-electron chi connectivity index (χ4n) is 2.02. The Kier molecular flexibility index (Phi) is 3.23. The Labute approximate surface area is 115 Å². The molecule has 5 heteroatoms. The first-order valence-electron chi connectivity index (χ1n) is 6.06. The number of hydrogen-bond donors (Lipinski definition) is 1. The maximum Gasteiger partial charge on any atom is 0.209 e. The number of anilines is 1. The van der Waals surface area contributed by atoms with Crippen molar-refractivity contribution in [2.24, 2.45) is 0 Å². The Balaban J connectivity index is 1.74. The first-order valence-corrected chi connectivity index (χ1v) is 6.94. The van der Waals surface area contributed by atoms with Crippen molar-refractivity contribution in [2.45, 2.75) is 13.1 Å². The highest BCUT2D eigenvalue weighted by atomic mass is 32.1. The Bertz CT molecular complexity index is 675. The molecule has 1 aromatic carbocycles. The molecule has 0 spiro atoms. The number of hydrogen-bond acceptors (Lipinski definition) is 5. The van der Waals surface area contributed by atoms with E-state index in [0.29, 0.717) is 12.2 Å². The van der Waals surface area contributed by atoms with Crippen LogP contribution in [0.3, 0.4) is 0 Å². The van der Waals surface area contributed by atoms with Gasteiger partial charge < -0.3 is 10.2 Å². The molecule has 3 aromatic rings. The second-order valence-corrected chi connectivity index (χ2v) is 5.62. The lowest BCUT2D eigenvalue weighted by molar-refractivity contribution is 0.287. The van der Waals surface area contributed by atoms with Crippen molar-refractivity contribution >= 4 is 28.1 Å². The summed E-state index contributed by atoms with van der Waals surface area (Å²) in [6, 6.07) is 9.72. The Morgan fingerprint density at radius 2 is 2.21 bits per heavy atom. The summed E-state index contributed by atoms with van der Waals surface area (Å²) < 4.78 is 5.71. The highest BCUT2D eigenvalue weighted by Gasteiger charge is 2.09. The zero-order valence-electron chi connectivity index (χ0n) is 10.7. The van der Waals surface area contributed by atoms with Gasteiger partial charge in [-0.3, -0.25) is 4.90 Å². The van der Waals surface area contributed by atoms with Crippen molar-refractivity contribution in [2.75, 3.05) is 12.8 Å². The lowest BCUT2D eigenvalue weighted by Crippen LogP contribution is -2.16. The molecule has 0 aliphatic rings. The molecule has 0 bridgehead atoms. The van der Waals surface area contributed by atoms with Gasteiger partial charge in [-0.1, -0.05) is 6.07 Å². The molecule has 2 heterocycles. The third kappa shape index (κ3) is 2.77. The summed E-state index contributed by atoms with van der Waals surface area (Å²) >= 11 is 1.76. The number of aromatic nitrogens is 1. The van der Waals surface area contributed by atoms with Crippen molar-refractivity contribution in [1.29, 1.82) is 0 Å². The smallest absolute Gasteiger partial charge is 0.209 e. The van der Waals surface area contributed by atoms with Crippen LogP contribution in [0.15, 0.2) is 40.1 Å². The quantitative estimate of drug-likeness (QED) is 0.742. The molecule has 0 amide bonds. The Morgan fingerprint density at radius 1 is 1.32 bits per heavy atom. The summed E-state index contributed by atoms with van der Waals surface area (Å²) in [5.74, 6) is 0.722. The number of thiophene rings is 1. The summed E-state index contributed by atoms with van der Waals surface area (Å²) in [6.07, 6.45) is 0. The van der Waals surface area contributed by atoms with Crippen LogP contribution in [0, 0.1) is 0 Å². The average molecular weight is 273 g/mol. The van der Waals surface area contributed by atoms with Crippen LogP contribution in [0.5, 0.6) is 0 Å². The summed E-state index contributed by atoms with van der Waals surface area (Å²) in [7, 11) is 2.06. The van der Waals surface area contributed by atoms with E-state index >= 15 is 0 Å². The normalized spacial score (nSPS) is 11.5. The van der Waals surface area contributed by atoms with Crippen molar-refractivity contribution in [3.05, 3.63) is 46.5 Å². The van der Waals surface area contributed by atoms with E-state index < -0.39 is 0 Å². The third-order valence-electron chi connectivity index (χ3n) is 2.87. The number of oxazole rings is 1. The standard InChI is InChI=1S/C14H15N3OS/c1-17(8-11-3-2-6-19-11)9-14-16-12-7-10(15)4-5-13(12)18-14/h2-7H,8-9,15H2,1H3. The SMILES string of the molecule is CN(Cc1nc2cc(N)ccc2o1)Cc1cccs1. The molecule has 0 atom stereocenters.